The number of benzene rings is 1. The molecule has 1 fully saturated rings. The number of amides is 1. The summed E-state index contributed by atoms with van der Waals surface area (Å²) in [6, 6.07) is 6.02. The Morgan fingerprint density at radius 3 is 2.64 bits per heavy atom. The minimum Gasteiger partial charge on any atom is -0.497 e. The molecule has 2 rings (SSSR count). The molecule has 4 nitrogen and oxygen atoms in total. The quantitative estimate of drug-likeness (QED) is 0.596. The zero-order valence-electron chi connectivity index (χ0n) is 13.2. The predicted octanol–water partition coefficient (Wildman–Crippen LogP) is 3.50. The molecule has 0 aliphatic heterocycles. The second-order valence-electron chi connectivity index (χ2n) is 5.74. The monoisotopic (exact) mass is 368 g/mol. The van der Waals surface area contributed by atoms with Crippen molar-refractivity contribution in [3.8, 4) is 5.75 Å². The highest BCUT2D eigenvalue weighted by Crippen LogP contribution is 2.22. The third-order valence-electron chi connectivity index (χ3n) is 4.12. The average molecular weight is 369 g/mol. The average Bonchev–Trinajstić information content (AvgIpc) is 2.80. The molecule has 0 spiro atoms. The van der Waals surface area contributed by atoms with Crippen molar-refractivity contribution in [2.24, 2.45) is 0 Å². The third kappa shape index (κ3) is 5.29. The molecule has 0 saturated heterocycles. The highest BCUT2D eigenvalue weighted by atomic mass is 79.9. The highest BCUT2D eigenvalue weighted by Gasteiger charge is 2.13. The van der Waals surface area contributed by atoms with Crippen LogP contribution in [0.5, 0.6) is 5.75 Å². The van der Waals surface area contributed by atoms with Crippen LogP contribution in [0.1, 0.15) is 48.9 Å². The van der Waals surface area contributed by atoms with E-state index in [0.717, 1.165) is 11.0 Å². The van der Waals surface area contributed by atoms with E-state index in [1.54, 1.807) is 13.2 Å². The molecule has 122 valence electrons. The topological polar surface area (TPSA) is 50.4 Å². The SMILES string of the molecule is COc1ccc(Br)c(C(=O)NCCNC2CCCCCC2)c1. The Bertz CT molecular complexity index is 486. The largest absolute Gasteiger partial charge is 0.497 e. The second-order valence-corrected chi connectivity index (χ2v) is 6.60. The summed E-state index contributed by atoms with van der Waals surface area (Å²) in [5.41, 5.74) is 0.605. The maximum atomic E-state index is 12.2. The minimum absolute atomic E-state index is 0.0755. The van der Waals surface area contributed by atoms with E-state index < -0.39 is 0 Å². The fourth-order valence-corrected chi connectivity index (χ4v) is 3.26. The summed E-state index contributed by atoms with van der Waals surface area (Å²) in [6.45, 7) is 1.46. The van der Waals surface area contributed by atoms with Crippen LogP contribution in [-0.2, 0) is 0 Å². The summed E-state index contributed by atoms with van der Waals surface area (Å²) < 4.78 is 5.94. The standard InChI is InChI=1S/C17H25BrN2O2/c1-22-14-8-9-16(18)15(12-14)17(21)20-11-10-19-13-6-4-2-3-5-7-13/h8-9,12-13,19H,2-7,10-11H2,1H3,(H,20,21). The van der Waals surface area contributed by atoms with Gasteiger partial charge in [-0.25, -0.2) is 0 Å². The molecule has 0 unspecified atom stereocenters. The van der Waals surface area contributed by atoms with E-state index in [2.05, 4.69) is 26.6 Å². The molecule has 2 N–H and O–H groups in total. The zero-order chi connectivity index (χ0) is 15.8. The molecule has 1 saturated carbocycles. The van der Waals surface area contributed by atoms with Gasteiger partial charge in [-0.15, -0.1) is 0 Å². The van der Waals surface area contributed by atoms with E-state index in [0.29, 0.717) is 23.9 Å². The van der Waals surface area contributed by atoms with Crippen molar-refractivity contribution in [1.29, 1.82) is 0 Å². The summed E-state index contributed by atoms with van der Waals surface area (Å²) in [7, 11) is 1.60. The first-order chi connectivity index (χ1) is 10.7. The van der Waals surface area contributed by atoms with Crippen LogP contribution in [0.15, 0.2) is 22.7 Å². The van der Waals surface area contributed by atoms with Gasteiger partial charge in [-0.2, -0.15) is 0 Å². The molecule has 0 aromatic heterocycles. The molecule has 5 heteroatoms. The first kappa shape index (κ1) is 17.3. The van der Waals surface area contributed by atoms with Crippen LogP contribution in [0.25, 0.3) is 0 Å². The van der Waals surface area contributed by atoms with E-state index in [4.69, 9.17) is 4.74 Å². The Kier molecular flexibility index (Phi) is 7.19. The predicted molar refractivity (Wildman–Crippen MR) is 92.5 cm³/mol. The first-order valence-corrected chi connectivity index (χ1v) is 8.85. The minimum atomic E-state index is -0.0755. The lowest BCUT2D eigenvalue weighted by atomic mass is 10.1. The van der Waals surface area contributed by atoms with Crippen LogP contribution < -0.4 is 15.4 Å². The van der Waals surface area contributed by atoms with Gasteiger partial charge in [0.25, 0.3) is 5.91 Å². The van der Waals surface area contributed by atoms with Crippen LogP contribution >= 0.6 is 15.9 Å². The molecular weight excluding hydrogens is 344 g/mol. The number of ether oxygens (including phenoxy) is 1. The number of hydrogen-bond acceptors (Lipinski definition) is 3. The van der Waals surface area contributed by atoms with E-state index in [1.807, 2.05) is 12.1 Å². The van der Waals surface area contributed by atoms with Crippen molar-refractivity contribution in [2.45, 2.75) is 44.6 Å². The van der Waals surface area contributed by atoms with Gasteiger partial charge in [-0.3, -0.25) is 4.79 Å². The van der Waals surface area contributed by atoms with Gasteiger partial charge in [-0.1, -0.05) is 25.7 Å². The van der Waals surface area contributed by atoms with Gasteiger partial charge >= 0.3 is 0 Å². The van der Waals surface area contributed by atoms with Crippen molar-refractivity contribution in [3.63, 3.8) is 0 Å². The lowest BCUT2D eigenvalue weighted by Crippen LogP contribution is -2.37. The molecule has 1 aromatic rings. The molecule has 1 aliphatic carbocycles. The highest BCUT2D eigenvalue weighted by molar-refractivity contribution is 9.10. The van der Waals surface area contributed by atoms with Crippen LogP contribution in [0.4, 0.5) is 0 Å². The molecule has 0 radical (unpaired) electrons. The summed E-state index contributed by atoms with van der Waals surface area (Å²) in [4.78, 5) is 12.2. The number of carbonyl (C=O) groups is 1. The Morgan fingerprint density at radius 2 is 1.95 bits per heavy atom. The maximum Gasteiger partial charge on any atom is 0.252 e. The smallest absolute Gasteiger partial charge is 0.252 e. The van der Waals surface area contributed by atoms with Gasteiger partial charge in [0.05, 0.1) is 12.7 Å². The number of halogens is 1. The van der Waals surface area contributed by atoms with Crippen molar-refractivity contribution < 1.29 is 9.53 Å². The summed E-state index contributed by atoms with van der Waals surface area (Å²) in [5.74, 6) is 0.610. The molecular formula is C17H25BrN2O2. The Morgan fingerprint density at radius 1 is 1.23 bits per heavy atom. The fourth-order valence-electron chi connectivity index (χ4n) is 2.84. The third-order valence-corrected chi connectivity index (χ3v) is 4.81. The van der Waals surface area contributed by atoms with Gasteiger partial charge < -0.3 is 15.4 Å². The Labute approximate surface area is 141 Å². The van der Waals surface area contributed by atoms with Gasteiger partial charge in [0.15, 0.2) is 0 Å². The number of nitrogens with one attached hydrogen (secondary N) is 2. The number of carbonyl (C=O) groups excluding carboxylic acids is 1. The maximum absolute atomic E-state index is 12.2. The zero-order valence-corrected chi connectivity index (χ0v) is 14.7. The molecule has 0 atom stereocenters. The van der Waals surface area contributed by atoms with E-state index in [9.17, 15) is 4.79 Å². The fraction of sp³-hybridized carbons (Fsp3) is 0.588. The van der Waals surface area contributed by atoms with Crippen molar-refractivity contribution in [2.75, 3.05) is 20.2 Å². The number of hydrogen-bond donors (Lipinski definition) is 2. The van der Waals surface area contributed by atoms with Gasteiger partial charge in [0.1, 0.15) is 5.75 Å². The van der Waals surface area contributed by atoms with Crippen molar-refractivity contribution in [3.05, 3.63) is 28.2 Å². The van der Waals surface area contributed by atoms with Gasteiger partial charge in [-0.05, 0) is 47.0 Å². The van der Waals surface area contributed by atoms with Gasteiger partial charge in [0.2, 0.25) is 0 Å². The molecule has 22 heavy (non-hydrogen) atoms. The first-order valence-electron chi connectivity index (χ1n) is 8.06. The van der Waals surface area contributed by atoms with Crippen molar-refractivity contribution in [1.82, 2.24) is 10.6 Å². The second kappa shape index (κ2) is 9.16. The van der Waals surface area contributed by atoms with E-state index in [-0.39, 0.29) is 5.91 Å². The van der Waals surface area contributed by atoms with Crippen molar-refractivity contribution >= 4 is 21.8 Å². The molecule has 1 aromatic carbocycles. The van der Waals surface area contributed by atoms with Crippen LogP contribution in [0.3, 0.4) is 0 Å². The van der Waals surface area contributed by atoms with Crippen LogP contribution in [0, 0.1) is 0 Å². The lowest BCUT2D eigenvalue weighted by molar-refractivity contribution is 0.0952. The normalized spacial score (nSPS) is 16.1. The lowest BCUT2D eigenvalue weighted by Gasteiger charge is -2.16. The van der Waals surface area contributed by atoms with Gasteiger partial charge in [0, 0.05) is 23.6 Å². The molecule has 0 bridgehead atoms. The Hall–Kier alpha value is -1.07. The van der Waals surface area contributed by atoms with E-state index >= 15 is 0 Å². The van der Waals surface area contributed by atoms with E-state index in [1.165, 1.54) is 38.5 Å². The number of methoxy groups -OCH3 is 1. The van der Waals surface area contributed by atoms with Crippen LogP contribution in [0.2, 0.25) is 0 Å². The number of rotatable bonds is 6. The summed E-state index contributed by atoms with van der Waals surface area (Å²) in [6.07, 6.45) is 7.88. The Balaban J connectivity index is 1.75. The molecule has 0 heterocycles. The molecule has 1 aliphatic rings. The van der Waals surface area contributed by atoms with Crippen LogP contribution in [-0.4, -0.2) is 32.1 Å². The molecule has 1 amide bonds. The summed E-state index contributed by atoms with van der Waals surface area (Å²) in [5, 5.41) is 6.51. The summed E-state index contributed by atoms with van der Waals surface area (Å²) >= 11 is 3.41.